The Morgan fingerprint density at radius 3 is 2.00 bits per heavy atom. The van der Waals surface area contributed by atoms with Crippen LogP contribution in [0.2, 0.25) is 0 Å². The normalized spacial score (nSPS) is 16.3. The van der Waals surface area contributed by atoms with E-state index in [1.165, 1.54) is 22.6 Å². The molecule has 1 radical (unpaired) electrons. The van der Waals surface area contributed by atoms with Crippen LogP contribution in [0, 0.1) is 9.64 Å². The molecule has 0 aliphatic rings. The Balaban J connectivity index is 3.58. The Morgan fingerprint density at radius 1 is 1.11 bits per heavy atom. The highest BCUT2D eigenvalue weighted by Crippen LogP contribution is 2.53. The van der Waals surface area contributed by atoms with Gasteiger partial charge in [-0.05, 0) is 34.7 Å². The molecular weight excluding hydrogens is 460 g/mol. The van der Waals surface area contributed by atoms with Crippen molar-refractivity contribution in [1.29, 1.82) is 0 Å². The second-order valence-electron chi connectivity index (χ2n) is 3.56. The van der Waals surface area contributed by atoms with Crippen molar-refractivity contribution in [2.45, 2.75) is 17.8 Å². The second-order valence-corrected chi connectivity index (χ2v) is 5.58. The summed E-state index contributed by atoms with van der Waals surface area (Å²) in [4.78, 5) is 0. The van der Waals surface area contributed by atoms with E-state index < -0.39 is 30.0 Å². The lowest BCUT2D eigenvalue weighted by Gasteiger charge is -2.34. The Bertz CT molecular complexity index is 453. The van der Waals surface area contributed by atoms with Crippen molar-refractivity contribution in [3.05, 3.63) is 31.8 Å². The van der Waals surface area contributed by atoms with E-state index in [4.69, 9.17) is 0 Å². The zero-order chi connectivity index (χ0) is 15.1. The largest absolute Gasteiger partial charge is 0.432 e. The molecule has 9 heteroatoms. The monoisotopic (exact) mass is 463 g/mol. The number of halogens is 9. The average Bonchev–Trinajstić information content (AvgIpc) is 2.24. The standard InChI is InChI=1S/C10H4BrF7I/c11-6-1-5(2-7(19)3-6)9(15,10(16,17)18)8(13,14)4-12/h1-2H,4H2. The molecule has 0 amide bonds. The number of rotatable bonds is 3. The van der Waals surface area contributed by atoms with Gasteiger partial charge in [0.2, 0.25) is 0 Å². The van der Waals surface area contributed by atoms with Gasteiger partial charge >= 0.3 is 12.1 Å². The first-order valence-corrected chi connectivity index (χ1v) is 6.41. The molecule has 0 nitrogen and oxygen atoms in total. The lowest BCUT2D eigenvalue weighted by Crippen LogP contribution is -2.54. The molecule has 0 aliphatic carbocycles. The molecule has 19 heavy (non-hydrogen) atoms. The average molecular weight is 464 g/mol. The molecule has 1 aromatic carbocycles. The van der Waals surface area contributed by atoms with E-state index in [0.717, 1.165) is 0 Å². The Labute approximate surface area is 125 Å². The molecule has 1 atom stereocenters. The molecule has 0 saturated heterocycles. The van der Waals surface area contributed by atoms with Gasteiger partial charge in [-0.15, -0.1) is 0 Å². The summed E-state index contributed by atoms with van der Waals surface area (Å²) in [6, 6.07) is 3.48. The summed E-state index contributed by atoms with van der Waals surface area (Å²) in [6.45, 7) is -2.77. The second kappa shape index (κ2) is 5.38. The van der Waals surface area contributed by atoms with Gasteiger partial charge in [0.25, 0.3) is 5.67 Å². The number of hydrogen-bond donors (Lipinski definition) is 0. The van der Waals surface area contributed by atoms with Crippen molar-refractivity contribution < 1.29 is 30.7 Å². The first-order chi connectivity index (χ1) is 8.45. The van der Waals surface area contributed by atoms with E-state index in [1.807, 2.05) is 0 Å². The van der Waals surface area contributed by atoms with Crippen molar-refractivity contribution in [3.63, 3.8) is 0 Å². The molecular formula is C10H4BrF7I. The van der Waals surface area contributed by atoms with E-state index in [-0.39, 0.29) is 8.04 Å². The quantitative estimate of drug-likeness (QED) is 0.427. The SMILES string of the molecule is FCC(F)(F)C(F)(c1cc(Br)[c]c(I)c1)C(F)(F)F. The van der Waals surface area contributed by atoms with Gasteiger partial charge < -0.3 is 0 Å². The van der Waals surface area contributed by atoms with E-state index in [9.17, 15) is 30.7 Å². The van der Waals surface area contributed by atoms with Crippen molar-refractivity contribution in [3.8, 4) is 0 Å². The maximum atomic E-state index is 14.0. The minimum absolute atomic E-state index is 0.0251. The molecule has 0 saturated carbocycles. The topological polar surface area (TPSA) is 0 Å². The Kier molecular flexibility index (Phi) is 4.81. The summed E-state index contributed by atoms with van der Waals surface area (Å²) >= 11 is 4.21. The van der Waals surface area contributed by atoms with Gasteiger partial charge in [-0.25, -0.2) is 8.78 Å². The molecule has 1 unspecified atom stereocenters. The number of hydrogen-bond acceptors (Lipinski definition) is 0. The lowest BCUT2D eigenvalue weighted by molar-refractivity contribution is -0.312. The van der Waals surface area contributed by atoms with E-state index in [1.54, 1.807) is 0 Å². The Hall–Kier alpha value is -0.0600. The van der Waals surface area contributed by atoms with Gasteiger partial charge in [0.05, 0.1) is 0 Å². The number of alkyl halides is 7. The van der Waals surface area contributed by atoms with Crippen LogP contribution in [0.25, 0.3) is 0 Å². The van der Waals surface area contributed by atoms with E-state index >= 15 is 0 Å². The van der Waals surface area contributed by atoms with Crippen LogP contribution >= 0.6 is 38.5 Å². The van der Waals surface area contributed by atoms with Crippen LogP contribution in [-0.4, -0.2) is 18.8 Å². The van der Waals surface area contributed by atoms with Crippen LogP contribution in [-0.2, 0) is 5.67 Å². The van der Waals surface area contributed by atoms with Crippen molar-refractivity contribution in [2.75, 3.05) is 6.67 Å². The highest BCUT2D eigenvalue weighted by Gasteiger charge is 2.72. The van der Waals surface area contributed by atoms with Crippen LogP contribution < -0.4 is 0 Å². The fourth-order valence-electron chi connectivity index (χ4n) is 1.37. The van der Waals surface area contributed by atoms with Gasteiger partial charge in [0.15, 0.2) is 6.67 Å². The molecule has 0 spiro atoms. The van der Waals surface area contributed by atoms with E-state index in [0.29, 0.717) is 12.1 Å². The third-order valence-electron chi connectivity index (χ3n) is 2.26. The highest BCUT2D eigenvalue weighted by atomic mass is 127. The summed E-state index contributed by atoms with van der Waals surface area (Å²) in [5.41, 5.74) is -6.48. The van der Waals surface area contributed by atoms with Crippen molar-refractivity contribution in [1.82, 2.24) is 0 Å². The summed E-state index contributed by atoms with van der Waals surface area (Å²) in [5.74, 6) is -5.23. The molecule has 0 aliphatic heterocycles. The molecule has 0 fully saturated rings. The molecule has 1 aromatic rings. The molecule has 0 heterocycles. The lowest BCUT2D eigenvalue weighted by atomic mass is 9.89. The third-order valence-corrected chi connectivity index (χ3v) is 3.27. The molecule has 0 bridgehead atoms. The summed E-state index contributed by atoms with van der Waals surface area (Å²) in [7, 11) is 0. The zero-order valence-electron chi connectivity index (χ0n) is 8.76. The summed E-state index contributed by atoms with van der Waals surface area (Å²) < 4.78 is 90.4. The molecule has 1 rings (SSSR count). The van der Waals surface area contributed by atoms with E-state index in [2.05, 4.69) is 22.0 Å². The predicted molar refractivity (Wildman–Crippen MR) is 65.5 cm³/mol. The fraction of sp³-hybridized carbons (Fsp3) is 0.400. The molecule has 0 aromatic heterocycles. The van der Waals surface area contributed by atoms with Crippen LogP contribution in [0.3, 0.4) is 0 Å². The number of benzene rings is 1. The van der Waals surface area contributed by atoms with Gasteiger partial charge in [0.1, 0.15) is 0 Å². The third kappa shape index (κ3) is 3.01. The predicted octanol–water partition coefficient (Wildman–Crippen LogP) is 5.19. The summed E-state index contributed by atoms with van der Waals surface area (Å²) in [5, 5.41) is 0. The zero-order valence-corrected chi connectivity index (χ0v) is 12.5. The maximum Gasteiger partial charge on any atom is 0.432 e. The van der Waals surface area contributed by atoms with Gasteiger partial charge in [-0.2, -0.15) is 22.0 Å². The molecule has 0 N–H and O–H groups in total. The van der Waals surface area contributed by atoms with Crippen LogP contribution in [0.15, 0.2) is 16.6 Å². The first kappa shape index (κ1) is 17.0. The maximum absolute atomic E-state index is 14.0. The van der Waals surface area contributed by atoms with Crippen molar-refractivity contribution >= 4 is 38.5 Å². The van der Waals surface area contributed by atoms with Gasteiger partial charge in [0, 0.05) is 19.7 Å². The van der Waals surface area contributed by atoms with Crippen LogP contribution in [0.5, 0.6) is 0 Å². The van der Waals surface area contributed by atoms with Crippen molar-refractivity contribution in [2.24, 2.45) is 0 Å². The minimum atomic E-state index is -5.97. The van der Waals surface area contributed by atoms with Gasteiger partial charge in [-0.3, -0.25) is 0 Å². The van der Waals surface area contributed by atoms with Crippen LogP contribution in [0.1, 0.15) is 5.56 Å². The van der Waals surface area contributed by atoms with Crippen LogP contribution in [0.4, 0.5) is 30.7 Å². The summed E-state index contributed by atoms with van der Waals surface area (Å²) in [6.07, 6.45) is -5.97. The highest BCUT2D eigenvalue weighted by molar-refractivity contribution is 14.1. The smallest absolute Gasteiger partial charge is 0.244 e. The first-order valence-electron chi connectivity index (χ1n) is 4.54. The fourth-order valence-corrected chi connectivity index (χ4v) is 2.83. The Morgan fingerprint density at radius 2 is 1.63 bits per heavy atom. The molecule has 107 valence electrons. The van der Waals surface area contributed by atoms with Gasteiger partial charge in [-0.1, -0.05) is 15.9 Å². The minimum Gasteiger partial charge on any atom is -0.244 e.